The van der Waals surface area contributed by atoms with E-state index in [-0.39, 0.29) is 0 Å². The van der Waals surface area contributed by atoms with Crippen molar-refractivity contribution in [2.24, 2.45) is 0 Å². The normalized spacial score (nSPS) is 9.67. The van der Waals surface area contributed by atoms with E-state index in [0.717, 1.165) is 35.3 Å². The second kappa shape index (κ2) is 3.35. The van der Waals surface area contributed by atoms with Crippen LogP contribution in [-0.2, 0) is 0 Å². The van der Waals surface area contributed by atoms with E-state index >= 15 is 0 Å². The maximum atomic E-state index is 5.79. The third kappa shape index (κ3) is 2.20. The zero-order valence-corrected chi connectivity index (χ0v) is 10.7. The molecule has 0 spiro atoms. The van der Waals surface area contributed by atoms with Gasteiger partial charge in [-0.15, -0.1) is 0 Å². The Bertz CT molecular complexity index is 224. The molecule has 0 unspecified atom stereocenters. The van der Waals surface area contributed by atoms with Crippen LogP contribution in [0, 0.1) is 0 Å². The first-order chi connectivity index (χ1) is 4.20. The van der Waals surface area contributed by atoms with Crippen LogP contribution in [0.15, 0.2) is 22.7 Å². The molecule has 3 radical (unpaired) electrons. The van der Waals surface area contributed by atoms with Crippen molar-refractivity contribution in [2.75, 3.05) is 0 Å². The van der Waals surface area contributed by atoms with Gasteiger partial charge in [0, 0.05) is 0 Å². The molecule has 0 aliphatic heterocycles. The van der Waals surface area contributed by atoms with E-state index in [4.69, 9.17) is 11.6 Å². The first-order valence-electron chi connectivity index (χ1n) is 2.37. The third-order valence-electron chi connectivity index (χ3n) is 0.928. The van der Waals surface area contributed by atoms with Crippen LogP contribution >= 0.6 is 27.5 Å². The summed E-state index contributed by atoms with van der Waals surface area (Å²) >= 11 is 10.2. The summed E-state index contributed by atoms with van der Waals surface area (Å²) in [7, 11) is 0. The number of benzene rings is 1. The second-order valence-corrected chi connectivity index (χ2v) is 5.04. The van der Waals surface area contributed by atoms with Crippen LogP contribution in [-0.4, -0.2) is 25.8 Å². The van der Waals surface area contributed by atoms with Gasteiger partial charge >= 0.3 is 84.1 Å². The fourth-order valence-corrected chi connectivity index (χ4v) is 2.73. The van der Waals surface area contributed by atoms with Gasteiger partial charge < -0.3 is 0 Å². The monoisotopic (exact) mass is 397 g/mol. The number of hydrogen-bond acceptors (Lipinski definition) is 0. The molecule has 0 N–H and O–H groups in total. The van der Waals surface area contributed by atoms with Gasteiger partial charge in [-0.2, -0.15) is 0 Å². The van der Waals surface area contributed by atoms with Crippen LogP contribution in [0.5, 0.6) is 0 Å². The topological polar surface area (TPSA) is 0 Å². The Morgan fingerprint density at radius 2 is 2.11 bits per heavy atom. The molecule has 0 saturated carbocycles. The molecule has 3 heteroatoms. The van der Waals surface area contributed by atoms with Crippen molar-refractivity contribution in [1.82, 2.24) is 0 Å². The molecule has 45 valence electrons. The molecule has 1 rings (SSSR count). The number of rotatable bonds is 0. The summed E-state index contributed by atoms with van der Waals surface area (Å²) in [6.45, 7) is 0. The summed E-state index contributed by atoms with van der Waals surface area (Å²) in [4.78, 5) is 0. The molecule has 0 aliphatic rings. The predicted molar refractivity (Wildman–Crippen MR) is 44.5 cm³/mol. The molecule has 0 fully saturated rings. The third-order valence-corrected chi connectivity index (χ3v) is 3.98. The summed E-state index contributed by atoms with van der Waals surface area (Å²) in [6, 6.07) is 5.91. The van der Waals surface area contributed by atoms with Crippen molar-refractivity contribution in [3.05, 3.63) is 27.7 Å². The molecule has 0 saturated heterocycles. The quantitative estimate of drug-likeness (QED) is 0.587. The zero-order chi connectivity index (χ0) is 6.85. The SMILES string of the molecule is Clc1ccc(Br)c[c]1[Pb]. The first kappa shape index (κ1) is 8.01. The number of halogens is 2. The van der Waals surface area contributed by atoms with E-state index in [2.05, 4.69) is 22.0 Å². The Kier molecular flexibility index (Phi) is 2.98. The van der Waals surface area contributed by atoms with Gasteiger partial charge in [0.2, 0.25) is 0 Å². The van der Waals surface area contributed by atoms with Crippen LogP contribution in [0.2, 0.25) is 5.02 Å². The zero-order valence-electron chi connectivity index (χ0n) is 4.49. The van der Waals surface area contributed by atoms with Gasteiger partial charge in [-0.3, -0.25) is 0 Å². The van der Waals surface area contributed by atoms with E-state index in [1.54, 1.807) is 0 Å². The van der Waals surface area contributed by atoms with Crippen molar-refractivity contribution < 1.29 is 0 Å². The Labute approximate surface area is 83.4 Å². The average molecular weight is 398 g/mol. The molecule has 0 bridgehead atoms. The van der Waals surface area contributed by atoms with Crippen LogP contribution < -0.4 is 3.12 Å². The summed E-state index contributed by atoms with van der Waals surface area (Å²) in [5.41, 5.74) is 0. The average Bonchev–Trinajstić information content (AvgIpc) is 1.80. The van der Waals surface area contributed by atoms with E-state index in [9.17, 15) is 0 Å². The molecule has 1 aromatic rings. The van der Waals surface area contributed by atoms with Gasteiger partial charge in [0.05, 0.1) is 0 Å². The van der Waals surface area contributed by atoms with Crippen LogP contribution in [0.25, 0.3) is 0 Å². The molecule has 0 amide bonds. The molecule has 0 aliphatic carbocycles. The van der Waals surface area contributed by atoms with E-state index < -0.39 is 0 Å². The van der Waals surface area contributed by atoms with E-state index in [1.165, 1.54) is 3.12 Å². The predicted octanol–water partition coefficient (Wildman–Crippen LogP) is 1.90. The molecule has 0 heterocycles. The first-order valence-corrected chi connectivity index (χ1v) is 5.48. The fraction of sp³-hybridized carbons (Fsp3) is 0. The van der Waals surface area contributed by atoms with Gasteiger partial charge in [0.1, 0.15) is 0 Å². The van der Waals surface area contributed by atoms with E-state index in [0.29, 0.717) is 0 Å². The van der Waals surface area contributed by atoms with Crippen molar-refractivity contribution in [1.29, 1.82) is 0 Å². The van der Waals surface area contributed by atoms with E-state index in [1.807, 2.05) is 12.1 Å². The van der Waals surface area contributed by atoms with Gasteiger partial charge in [-0.1, -0.05) is 0 Å². The maximum absolute atomic E-state index is 5.79. The van der Waals surface area contributed by atoms with Crippen LogP contribution in [0.4, 0.5) is 0 Å². The second-order valence-electron chi connectivity index (χ2n) is 1.62. The van der Waals surface area contributed by atoms with Crippen molar-refractivity contribution in [2.45, 2.75) is 0 Å². The molecule has 9 heavy (non-hydrogen) atoms. The van der Waals surface area contributed by atoms with Gasteiger partial charge in [-0.25, -0.2) is 0 Å². The van der Waals surface area contributed by atoms with Crippen molar-refractivity contribution in [3.8, 4) is 0 Å². The Morgan fingerprint density at radius 1 is 1.44 bits per heavy atom. The van der Waals surface area contributed by atoms with Crippen molar-refractivity contribution >= 4 is 56.4 Å². The fourth-order valence-electron chi connectivity index (χ4n) is 0.497. The molecule has 0 aromatic heterocycles. The Morgan fingerprint density at radius 3 is 2.56 bits per heavy atom. The Balaban J connectivity index is 3.17. The minimum atomic E-state index is 0.880. The summed E-state index contributed by atoms with van der Waals surface area (Å²) in [6.07, 6.45) is 0. The molecule has 0 nitrogen and oxygen atoms in total. The van der Waals surface area contributed by atoms with Crippen LogP contribution in [0.3, 0.4) is 0 Å². The molecular formula is C6H3BrClPb. The van der Waals surface area contributed by atoms with Crippen LogP contribution in [0.1, 0.15) is 0 Å². The Hall–Kier alpha value is 0.912. The minimum absolute atomic E-state index is 0.880. The molecule has 0 atom stereocenters. The molecular weight excluding hydrogens is 395 g/mol. The summed E-state index contributed by atoms with van der Waals surface area (Å²) in [5, 5.41) is 0.880. The van der Waals surface area contributed by atoms with Gasteiger partial charge in [-0.05, 0) is 0 Å². The summed E-state index contributed by atoms with van der Waals surface area (Å²) < 4.78 is 2.35. The standard InChI is InChI=1S/C6H3BrCl.Pb/c7-5-1-3-6(8)4-2-5;/h1-3H;. The molecule has 1 aromatic carbocycles. The van der Waals surface area contributed by atoms with Crippen molar-refractivity contribution in [3.63, 3.8) is 0 Å². The summed E-state index contributed by atoms with van der Waals surface area (Å²) in [5.74, 6) is 0. The number of hydrogen-bond donors (Lipinski definition) is 0. The van der Waals surface area contributed by atoms with Gasteiger partial charge in [0.25, 0.3) is 0 Å². The van der Waals surface area contributed by atoms with Gasteiger partial charge in [0.15, 0.2) is 0 Å².